The van der Waals surface area contributed by atoms with Gasteiger partial charge in [-0.05, 0) is 30.7 Å². The number of anilines is 1. The molecule has 184 valence electrons. The molecule has 2 aliphatic carbocycles. The summed E-state index contributed by atoms with van der Waals surface area (Å²) in [6.45, 7) is 1.60. The maximum Gasteiger partial charge on any atom is 0.276 e. The predicted octanol–water partition coefficient (Wildman–Crippen LogP) is 3.98. The standard InChI is InChI=1S/C25H27F2N5O2S/c1-24-12-19-18(11-20(24)25(24,26)27)21(31-30-19)23(33)29-17-13-28-32(14-17)22(15-5-3-2-4-6-15)16-7-9-35(34)10-8-16/h2-6,13-14,16,20,22H,7-12H2,1H3,(H,29,33)(H,30,31). The van der Waals surface area contributed by atoms with Crippen molar-refractivity contribution in [1.82, 2.24) is 20.0 Å². The number of hydrogen-bond acceptors (Lipinski definition) is 4. The molecule has 1 saturated carbocycles. The quantitative estimate of drug-likeness (QED) is 0.556. The number of alkyl halides is 2. The lowest BCUT2D eigenvalue weighted by molar-refractivity contribution is 0.0630. The number of benzene rings is 1. The smallest absolute Gasteiger partial charge is 0.276 e. The van der Waals surface area contributed by atoms with Crippen LogP contribution in [0.4, 0.5) is 14.5 Å². The summed E-state index contributed by atoms with van der Waals surface area (Å²) in [5, 5.41) is 14.4. The van der Waals surface area contributed by atoms with E-state index < -0.39 is 34.0 Å². The molecule has 3 atom stereocenters. The van der Waals surface area contributed by atoms with Crippen LogP contribution in [0.25, 0.3) is 0 Å². The van der Waals surface area contributed by atoms with Crippen molar-refractivity contribution in [2.24, 2.45) is 17.3 Å². The van der Waals surface area contributed by atoms with Crippen LogP contribution < -0.4 is 5.32 Å². The average molecular weight is 500 g/mol. The van der Waals surface area contributed by atoms with E-state index in [1.165, 1.54) is 0 Å². The normalized spacial score (nSPS) is 29.6. The number of H-pyrrole nitrogens is 1. The zero-order chi connectivity index (χ0) is 24.4. The van der Waals surface area contributed by atoms with Crippen LogP contribution in [0, 0.1) is 17.3 Å². The van der Waals surface area contributed by atoms with E-state index in [1.807, 2.05) is 22.9 Å². The van der Waals surface area contributed by atoms with E-state index in [0.717, 1.165) is 18.4 Å². The highest BCUT2D eigenvalue weighted by atomic mass is 32.2. The van der Waals surface area contributed by atoms with Crippen molar-refractivity contribution in [3.8, 4) is 0 Å². The summed E-state index contributed by atoms with van der Waals surface area (Å²) in [5.41, 5.74) is 1.98. The molecule has 2 N–H and O–H groups in total. The minimum Gasteiger partial charge on any atom is -0.318 e. The molecule has 2 aromatic heterocycles. The molecular weight excluding hydrogens is 472 g/mol. The first-order valence-electron chi connectivity index (χ1n) is 12.0. The van der Waals surface area contributed by atoms with E-state index in [1.54, 1.807) is 19.3 Å². The predicted molar refractivity (Wildman–Crippen MR) is 128 cm³/mol. The van der Waals surface area contributed by atoms with Gasteiger partial charge < -0.3 is 5.32 Å². The Kier molecular flexibility index (Phi) is 5.21. The number of halogens is 2. The van der Waals surface area contributed by atoms with Gasteiger partial charge in [-0.3, -0.25) is 18.8 Å². The van der Waals surface area contributed by atoms with Gasteiger partial charge in [-0.25, -0.2) is 8.78 Å². The first-order valence-corrected chi connectivity index (χ1v) is 13.5. The van der Waals surface area contributed by atoms with E-state index in [9.17, 15) is 17.8 Å². The van der Waals surface area contributed by atoms with Gasteiger partial charge >= 0.3 is 0 Å². The van der Waals surface area contributed by atoms with Gasteiger partial charge in [0.1, 0.15) is 0 Å². The Bertz CT molecular complexity index is 1300. The first kappa shape index (κ1) is 22.6. The van der Waals surface area contributed by atoms with E-state index in [4.69, 9.17) is 0 Å². The lowest BCUT2D eigenvalue weighted by Crippen LogP contribution is -2.28. The van der Waals surface area contributed by atoms with E-state index >= 15 is 0 Å². The largest absolute Gasteiger partial charge is 0.318 e. The van der Waals surface area contributed by atoms with Crippen molar-refractivity contribution < 1.29 is 17.8 Å². The SMILES string of the molecule is CC12Cc3[nH]nc(C(=O)Nc4cnn(C(c5ccccc5)C5CCS(=O)CC5)c4)c3CC1C2(F)F. The molecule has 6 rings (SSSR count). The summed E-state index contributed by atoms with van der Waals surface area (Å²) in [6, 6.07) is 10.0. The van der Waals surface area contributed by atoms with Gasteiger partial charge in [-0.2, -0.15) is 10.2 Å². The first-order chi connectivity index (χ1) is 16.8. The molecule has 0 spiro atoms. The molecule has 35 heavy (non-hydrogen) atoms. The maximum atomic E-state index is 14.2. The van der Waals surface area contributed by atoms with E-state index in [-0.39, 0.29) is 30.5 Å². The summed E-state index contributed by atoms with van der Waals surface area (Å²) in [4.78, 5) is 13.0. The highest BCUT2D eigenvalue weighted by Gasteiger charge is 2.78. The lowest BCUT2D eigenvalue weighted by Gasteiger charge is -2.30. The molecule has 3 heterocycles. The van der Waals surface area contributed by atoms with Crippen molar-refractivity contribution in [2.75, 3.05) is 16.8 Å². The number of nitrogens with one attached hydrogen (secondary N) is 2. The number of aromatic amines is 1. The van der Waals surface area contributed by atoms with Gasteiger partial charge in [0, 0.05) is 57.5 Å². The number of fused-ring (bicyclic) bond motifs is 2. The Morgan fingerprint density at radius 3 is 2.74 bits per heavy atom. The Hall–Kier alpha value is -2.88. The molecule has 0 radical (unpaired) electrons. The zero-order valence-electron chi connectivity index (χ0n) is 19.3. The van der Waals surface area contributed by atoms with Crippen LogP contribution >= 0.6 is 0 Å². The number of carbonyl (C=O) groups is 1. The summed E-state index contributed by atoms with van der Waals surface area (Å²) < 4.78 is 42.2. The number of amides is 1. The van der Waals surface area contributed by atoms with Crippen LogP contribution in [0.3, 0.4) is 0 Å². The maximum absolute atomic E-state index is 14.2. The van der Waals surface area contributed by atoms with Gasteiger partial charge in [0.05, 0.1) is 17.9 Å². The second-order valence-electron chi connectivity index (χ2n) is 10.2. The van der Waals surface area contributed by atoms with Gasteiger partial charge in [0.2, 0.25) is 0 Å². The Morgan fingerprint density at radius 2 is 2.00 bits per heavy atom. The fourth-order valence-corrected chi connectivity index (χ4v) is 7.29. The number of aromatic nitrogens is 4. The second-order valence-corrected chi connectivity index (χ2v) is 11.9. The third-order valence-corrected chi connectivity index (χ3v) is 9.55. The van der Waals surface area contributed by atoms with Crippen molar-refractivity contribution in [2.45, 2.75) is 44.6 Å². The molecule has 1 saturated heterocycles. The van der Waals surface area contributed by atoms with Gasteiger partial charge in [0.25, 0.3) is 11.8 Å². The van der Waals surface area contributed by atoms with Crippen molar-refractivity contribution in [3.63, 3.8) is 0 Å². The molecule has 7 nitrogen and oxygen atoms in total. The fourth-order valence-electron chi connectivity index (χ4n) is 5.96. The molecule has 1 amide bonds. The summed E-state index contributed by atoms with van der Waals surface area (Å²) >= 11 is 0. The Morgan fingerprint density at radius 1 is 1.26 bits per heavy atom. The number of rotatable bonds is 5. The molecule has 3 unspecified atom stereocenters. The fraction of sp³-hybridized carbons (Fsp3) is 0.480. The molecule has 2 fully saturated rings. The zero-order valence-corrected chi connectivity index (χ0v) is 20.2. The van der Waals surface area contributed by atoms with Crippen LogP contribution in [0.2, 0.25) is 0 Å². The molecular formula is C25H27F2N5O2S. The van der Waals surface area contributed by atoms with E-state index in [0.29, 0.717) is 28.5 Å². The Labute approximate surface area is 204 Å². The third kappa shape index (κ3) is 3.64. The minimum atomic E-state index is -2.71. The minimum absolute atomic E-state index is 0.0351. The molecule has 1 aromatic carbocycles. The molecule has 1 aliphatic heterocycles. The second kappa shape index (κ2) is 8.08. The van der Waals surface area contributed by atoms with Crippen LogP contribution in [0.15, 0.2) is 42.7 Å². The molecule has 0 bridgehead atoms. The van der Waals surface area contributed by atoms with Crippen LogP contribution in [-0.2, 0) is 23.6 Å². The summed E-state index contributed by atoms with van der Waals surface area (Å²) in [6.07, 6.45) is 5.43. The van der Waals surface area contributed by atoms with E-state index in [2.05, 4.69) is 32.7 Å². The van der Waals surface area contributed by atoms with Crippen molar-refractivity contribution >= 4 is 22.4 Å². The van der Waals surface area contributed by atoms with Crippen LogP contribution in [0.5, 0.6) is 0 Å². The molecule has 3 aliphatic rings. The molecule has 3 aromatic rings. The van der Waals surface area contributed by atoms with Gasteiger partial charge in [-0.15, -0.1) is 0 Å². The third-order valence-electron chi connectivity index (χ3n) is 8.17. The highest BCUT2D eigenvalue weighted by Crippen LogP contribution is 2.70. The van der Waals surface area contributed by atoms with Crippen LogP contribution in [0.1, 0.15) is 53.1 Å². The lowest BCUT2D eigenvalue weighted by atomic mass is 9.87. The number of nitrogens with zero attached hydrogens (tertiary/aromatic N) is 3. The Balaban J connectivity index is 1.22. The van der Waals surface area contributed by atoms with Gasteiger partial charge in [0.15, 0.2) is 5.69 Å². The summed E-state index contributed by atoms with van der Waals surface area (Å²) in [5.74, 6) is -2.24. The van der Waals surface area contributed by atoms with Crippen molar-refractivity contribution in [3.05, 3.63) is 65.2 Å². The number of hydrogen-bond donors (Lipinski definition) is 2. The molecule has 10 heteroatoms. The topological polar surface area (TPSA) is 92.7 Å². The monoisotopic (exact) mass is 499 g/mol. The van der Waals surface area contributed by atoms with Crippen molar-refractivity contribution in [1.29, 1.82) is 0 Å². The summed E-state index contributed by atoms with van der Waals surface area (Å²) in [7, 11) is -0.762. The van der Waals surface area contributed by atoms with Gasteiger partial charge in [-0.1, -0.05) is 37.3 Å². The van der Waals surface area contributed by atoms with Crippen LogP contribution in [-0.4, -0.2) is 47.5 Å². The number of carbonyl (C=O) groups excluding carboxylic acids is 1. The average Bonchev–Trinajstić information content (AvgIpc) is 3.27. The highest BCUT2D eigenvalue weighted by molar-refractivity contribution is 7.85.